The molecule has 16 heavy (non-hydrogen) atoms. The van der Waals surface area contributed by atoms with Crippen LogP contribution in [0.2, 0.25) is 0 Å². The lowest BCUT2D eigenvalue weighted by Gasteiger charge is -2.06. The Morgan fingerprint density at radius 1 is 1.31 bits per heavy atom. The monoisotopic (exact) mass is 225 g/mol. The molecule has 0 aliphatic heterocycles. The van der Waals surface area contributed by atoms with Gasteiger partial charge in [-0.1, -0.05) is 6.92 Å². The van der Waals surface area contributed by atoms with Crippen LogP contribution in [0.15, 0.2) is 12.4 Å². The molecule has 0 spiro atoms. The third kappa shape index (κ3) is 5.04. The number of nitrogens with one attached hydrogen (secondary N) is 1. The van der Waals surface area contributed by atoms with Gasteiger partial charge in [-0.2, -0.15) is 0 Å². The van der Waals surface area contributed by atoms with Crippen LogP contribution in [0.1, 0.15) is 19.0 Å². The van der Waals surface area contributed by atoms with Gasteiger partial charge in [0, 0.05) is 19.9 Å². The van der Waals surface area contributed by atoms with Crippen molar-refractivity contribution in [1.29, 1.82) is 0 Å². The number of methoxy groups -OCH3 is 1. The van der Waals surface area contributed by atoms with Crippen molar-refractivity contribution in [3.8, 4) is 5.88 Å². The van der Waals surface area contributed by atoms with Crippen molar-refractivity contribution in [1.82, 2.24) is 15.3 Å². The van der Waals surface area contributed by atoms with Crippen LogP contribution in [-0.4, -0.2) is 36.8 Å². The van der Waals surface area contributed by atoms with Crippen molar-refractivity contribution in [3.05, 3.63) is 18.1 Å². The maximum atomic E-state index is 5.37. The molecule has 1 aromatic heterocycles. The van der Waals surface area contributed by atoms with Gasteiger partial charge in [0.05, 0.1) is 18.5 Å². The van der Waals surface area contributed by atoms with Crippen molar-refractivity contribution in [3.63, 3.8) is 0 Å². The highest BCUT2D eigenvalue weighted by Crippen LogP contribution is 2.04. The van der Waals surface area contributed by atoms with Crippen LogP contribution >= 0.6 is 0 Å². The van der Waals surface area contributed by atoms with E-state index in [2.05, 4.69) is 22.2 Å². The van der Waals surface area contributed by atoms with Gasteiger partial charge in [0.1, 0.15) is 6.61 Å². The van der Waals surface area contributed by atoms with E-state index in [0.717, 1.165) is 25.2 Å². The largest absolute Gasteiger partial charge is 0.474 e. The van der Waals surface area contributed by atoms with Crippen LogP contribution in [0.25, 0.3) is 0 Å². The Balaban J connectivity index is 2.37. The summed E-state index contributed by atoms with van der Waals surface area (Å²) in [4.78, 5) is 8.39. The average molecular weight is 225 g/mol. The van der Waals surface area contributed by atoms with Crippen LogP contribution in [-0.2, 0) is 11.3 Å². The Hall–Kier alpha value is -1.20. The summed E-state index contributed by atoms with van der Waals surface area (Å²) in [6, 6.07) is 0. The molecule has 0 saturated heterocycles. The van der Waals surface area contributed by atoms with E-state index in [-0.39, 0.29) is 0 Å². The Morgan fingerprint density at radius 3 is 2.94 bits per heavy atom. The van der Waals surface area contributed by atoms with E-state index in [1.165, 1.54) is 0 Å². The topological polar surface area (TPSA) is 56.3 Å². The molecule has 0 radical (unpaired) electrons. The van der Waals surface area contributed by atoms with Gasteiger partial charge in [0.15, 0.2) is 0 Å². The van der Waals surface area contributed by atoms with E-state index >= 15 is 0 Å². The van der Waals surface area contributed by atoms with Gasteiger partial charge in [-0.25, -0.2) is 4.98 Å². The predicted octanol–water partition coefficient (Wildman–Crippen LogP) is 1.00. The van der Waals surface area contributed by atoms with Crippen LogP contribution in [0.5, 0.6) is 5.88 Å². The molecule has 0 fully saturated rings. The summed E-state index contributed by atoms with van der Waals surface area (Å²) < 4.78 is 10.3. The zero-order valence-electron chi connectivity index (χ0n) is 9.90. The fourth-order valence-corrected chi connectivity index (χ4v) is 1.16. The second-order valence-electron chi connectivity index (χ2n) is 3.37. The molecule has 0 aliphatic carbocycles. The van der Waals surface area contributed by atoms with E-state index in [0.29, 0.717) is 19.1 Å². The first-order valence-corrected chi connectivity index (χ1v) is 5.50. The molecule has 5 nitrogen and oxygen atoms in total. The molecule has 0 aromatic carbocycles. The third-order valence-electron chi connectivity index (χ3n) is 1.93. The highest BCUT2D eigenvalue weighted by Gasteiger charge is 1.99. The Morgan fingerprint density at radius 2 is 2.19 bits per heavy atom. The SMILES string of the molecule is CCCNCc1cncc(OCCOC)n1. The molecule has 0 aliphatic rings. The molecule has 1 aromatic rings. The second-order valence-corrected chi connectivity index (χ2v) is 3.37. The Bertz CT molecular complexity index is 269. The van der Waals surface area contributed by atoms with E-state index in [9.17, 15) is 0 Å². The summed E-state index contributed by atoms with van der Waals surface area (Å²) in [5, 5.41) is 3.26. The van der Waals surface area contributed by atoms with Crippen LogP contribution in [0.4, 0.5) is 0 Å². The molecule has 0 unspecified atom stereocenters. The summed E-state index contributed by atoms with van der Waals surface area (Å²) in [6.45, 7) is 4.89. The minimum absolute atomic E-state index is 0.497. The number of rotatable bonds is 8. The fraction of sp³-hybridized carbons (Fsp3) is 0.636. The molecular weight excluding hydrogens is 206 g/mol. The lowest BCUT2D eigenvalue weighted by atomic mass is 10.4. The number of aromatic nitrogens is 2. The van der Waals surface area contributed by atoms with E-state index < -0.39 is 0 Å². The quantitative estimate of drug-likeness (QED) is 0.669. The normalized spacial score (nSPS) is 10.4. The van der Waals surface area contributed by atoms with Crippen molar-refractivity contribution in [2.24, 2.45) is 0 Å². The second kappa shape index (κ2) is 8.01. The molecule has 0 amide bonds. The summed E-state index contributed by atoms with van der Waals surface area (Å²) in [6.07, 6.45) is 4.46. The summed E-state index contributed by atoms with van der Waals surface area (Å²) in [5.41, 5.74) is 0.892. The van der Waals surface area contributed by atoms with Gasteiger partial charge in [-0.15, -0.1) is 0 Å². The average Bonchev–Trinajstić information content (AvgIpc) is 2.30. The molecule has 90 valence electrons. The van der Waals surface area contributed by atoms with Crippen LogP contribution < -0.4 is 10.1 Å². The smallest absolute Gasteiger partial charge is 0.232 e. The van der Waals surface area contributed by atoms with Crippen LogP contribution in [0.3, 0.4) is 0 Å². The van der Waals surface area contributed by atoms with Crippen molar-refractivity contribution in [2.75, 3.05) is 26.9 Å². The van der Waals surface area contributed by atoms with E-state index in [1.807, 2.05) is 0 Å². The first-order valence-electron chi connectivity index (χ1n) is 5.50. The minimum atomic E-state index is 0.497. The highest BCUT2D eigenvalue weighted by atomic mass is 16.5. The maximum Gasteiger partial charge on any atom is 0.232 e. The van der Waals surface area contributed by atoms with Gasteiger partial charge >= 0.3 is 0 Å². The molecule has 1 heterocycles. The van der Waals surface area contributed by atoms with E-state index in [4.69, 9.17) is 9.47 Å². The number of nitrogens with zero attached hydrogens (tertiary/aromatic N) is 2. The van der Waals surface area contributed by atoms with Gasteiger partial charge in [-0.05, 0) is 13.0 Å². The molecule has 5 heteroatoms. The maximum absolute atomic E-state index is 5.37. The molecule has 0 saturated carbocycles. The molecule has 1 N–H and O–H groups in total. The molecule has 1 rings (SSSR count). The molecule has 0 atom stereocenters. The van der Waals surface area contributed by atoms with Crippen LogP contribution in [0, 0.1) is 0 Å². The third-order valence-corrected chi connectivity index (χ3v) is 1.93. The van der Waals surface area contributed by atoms with Gasteiger partial charge < -0.3 is 14.8 Å². The molecular formula is C11H19N3O2. The van der Waals surface area contributed by atoms with Gasteiger partial charge in [0.2, 0.25) is 5.88 Å². The lowest BCUT2D eigenvalue weighted by molar-refractivity contribution is 0.143. The first kappa shape index (κ1) is 12.9. The summed E-state index contributed by atoms with van der Waals surface area (Å²) in [5.74, 6) is 0.549. The first-order chi connectivity index (χ1) is 7.86. The molecule has 0 bridgehead atoms. The highest BCUT2D eigenvalue weighted by molar-refractivity contribution is 5.08. The minimum Gasteiger partial charge on any atom is -0.474 e. The fourth-order valence-electron chi connectivity index (χ4n) is 1.16. The standard InChI is InChI=1S/C11H19N3O2/c1-3-4-12-7-10-8-13-9-11(14-10)16-6-5-15-2/h8-9,12H,3-7H2,1-2H3. The lowest BCUT2D eigenvalue weighted by Crippen LogP contribution is -2.15. The number of ether oxygens (including phenoxy) is 2. The Kier molecular flexibility index (Phi) is 6.44. The van der Waals surface area contributed by atoms with Crippen molar-refractivity contribution in [2.45, 2.75) is 19.9 Å². The number of hydrogen-bond donors (Lipinski definition) is 1. The summed E-state index contributed by atoms with van der Waals surface area (Å²) in [7, 11) is 1.64. The van der Waals surface area contributed by atoms with Gasteiger partial charge in [-0.3, -0.25) is 4.98 Å². The van der Waals surface area contributed by atoms with Gasteiger partial charge in [0.25, 0.3) is 0 Å². The van der Waals surface area contributed by atoms with E-state index in [1.54, 1.807) is 19.5 Å². The predicted molar refractivity (Wildman–Crippen MR) is 61.4 cm³/mol. The zero-order valence-corrected chi connectivity index (χ0v) is 9.90. The number of hydrogen-bond acceptors (Lipinski definition) is 5. The van der Waals surface area contributed by atoms with Crippen molar-refractivity contribution >= 4 is 0 Å². The summed E-state index contributed by atoms with van der Waals surface area (Å²) >= 11 is 0. The Labute approximate surface area is 96.2 Å². The van der Waals surface area contributed by atoms with Crippen molar-refractivity contribution < 1.29 is 9.47 Å². The zero-order chi connectivity index (χ0) is 11.6.